The summed E-state index contributed by atoms with van der Waals surface area (Å²) in [6.07, 6.45) is 6.26. The Labute approximate surface area is 118 Å². The Hall–Kier alpha value is -0.0600. The van der Waals surface area contributed by atoms with Crippen LogP contribution in [0.4, 0.5) is 0 Å². The monoisotopic (exact) mass is 282 g/mol. The van der Waals surface area contributed by atoms with Gasteiger partial charge in [-0.1, -0.05) is 0 Å². The molecule has 18 heavy (non-hydrogen) atoms. The van der Waals surface area contributed by atoms with Gasteiger partial charge in [0.15, 0.2) is 0 Å². The molecule has 1 saturated heterocycles. The molecule has 0 aromatic carbocycles. The normalized spacial score (nSPS) is 22.4. The summed E-state index contributed by atoms with van der Waals surface area (Å²) in [6, 6.07) is 0.534. The summed E-state index contributed by atoms with van der Waals surface area (Å²) >= 11 is 4.07. The van der Waals surface area contributed by atoms with Gasteiger partial charge in [0.1, 0.15) is 5.01 Å². The Kier molecular flexibility index (Phi) is 3.70. The second-order valence-corrected chi connectivity index (χ2v) is 8.04. The molecule has 1 aromatic heterocycles. The summed E-state index contributed by atoms with van der Waals surface area (Å²) in [6.45, 7) is 4.51. The zero-order valence-corrected chi connectivity index (χ0v) is 12.9. The Bertz CT molecular complexity index is 398. The zero-order chi connectivity index (χ0) is 12.6. The molecule has 2 aliphatic rings. The lowest BCUT2D eigenvalue weighted by Crippen LogP contribution is -2.48. The fourth-order valence-corrected chi connectivity index (χ4v) is 5.64. The molecule has 1 N–H and O–H groups in total. The summed E-state index contributed by atoms with van der Waals surface area (Å²) in [5.41, 5.74) is 1.58. The van der Waals surface area contributed by atoms with E-state index in [1.165, 1.54) is 54.3 Å². The number of nitrogens with zero attached hydrogens (tertiary/aromatic N) is 1. The first-order chi connectivity index (χ1) is 8.70. The molecular formula is C14H22N2S2. The summed E-state index contributed by atoms with van der Waals surface area (Å²) in [7, 11) is 0. The Balaban J connectivity index is 1.91. The van der Waals surface area contributed by atoms with Crippen molar-refractivity contribution < 1.29 is 0 Å². The van der Waals surface area contributed by atoms with Crippen LogP contribution in [0, 0.1) is 0 Å². The van der Waals surface area contributed by atoms with Crippen molar-refractivity contribution in [2.45, 2.75) is 57.5 Å². The van der Waals surface area contributed by atoms with Crippen LogP contribution >= 0.6 is 23.1 Å². The number of fused-ring (bicyclic) bond motifs is 1. The molecule has 1 aromatic rings. The summed E-state index contributed by atoms with van der Waals surface area (Å²) < 4.78 is 0. The number of thiazole rings is 1. The molecule has 0 saturated carbocycles. The first-order valence-corrected chi connectivity index (χ1v) is 9.01. The highest BCUT2D eigenvalue weighted by Gasteiger charge is 2.38. The number of aryl methyl sites for hydroxylation is 2. The van der Waals surface area contributed by atoms with Gasteiger partial charge in [0, 0.05) is 10.9 Å². The van der Waals surface area contributed by atoms with E-state index in [2.05, 4.69) is 30.9 Å². The van der Waals surface area contributed by atoms with Crippen molar-refractivity contribution in [2.24, 2.45) is 0 Å². The van der Waals surface area contributed by atoms with E-state index in [1.807, 2.05) is 11.3 Å². The SMILES string of the molecule is CC(C)NC1(c2nc3c(s2)CCC3)CCSCC1. The molecule has 1 fully saturated rings. The standard InChI is InChI=1S/C14H22N2S2/c1-10(2)16-14(6-8-17-9-7-14)13-15-11-4-3-5-12(11)18-13/h10,16H,3-9H2,1-2H3. The maximum atomic E-state index is 4.99. The summed E-state index contributed by atoms with van der Waals surface area (Å²) in [5, 5.41) is 5.21. The second kappa shape index (κ2) is 5.14. The quantitative estimate of drug-likeness (QED) is 0.920. The lowest BCUT2D eigenvalue weighted by Gasteiger charge is -2.38. The average molecular weight is 282 g/mol. The maximum Gasteiger partial charge on any atom is 0.113 e. The molecule has 4 heteroatoms. The van der Waals surface area contributed by atoms with E-state index in [0.29, 0.717) is 6.04 Å². The minimum atomic E-state index is 0.175. The number of thioether (sulfide) groups is 1. The molecule has 3 rings (SSSR count). The number of rotatable bonds is 3. The molecule has 0 amide bonds. The number of hydrogen-bond acceptors (Lipinski definition) is 4. The highest BCUT2D eigenvalue weighted by atomic mass is 32.2. The van der Waals surface area contributed by atoms with Gasteiger partial charge in [-0.25, -0.2) is 4.98 Å². The van der Waals surface area contributed by atoms with E-state index in [0.717, 1.165) is 0 Å². The summed E-state index contributed by atoms with van der Waals surface area (Å²) in [5.74, 6) is 2.54. The van der Waals surface area contributed by atoms with Crippen molar-refractivity contribution in [3.05, 3.63) is 15.6 Å². The zero-order valence-electron chi connectivity index (χ0n) is 11.3. The molecule has 1 aliphatic carbocycles. The van der Waals surface area contributed by atoms with Crippen molar-refractivity contribution in [1.82, 2.24) is 10.3 Å². The van der Waals surface area contributed by atoms with Gasteiger partial charge in [0.25, 0.3) is 0 Å². The van der Waals surface area contributed by atoms with Crippen molar-refractivity contribution in [3.8, 4) is 0 Å². The van der Waals surface area contributed by atoms with Crippen LogP contribution in [0.3, 0.4) is 0 Å². The first kappa shape index (κ1) is 12.9. The van der Waals surface area contributed by atoms with Crippen molar-refractivity contribution in [1.29, 1.82) is 0 Å². The van der Waals surface area contributed by atoms with Gasteiger partial charge in [0.05, 0.1) is 11.2 Å². The molecule has 0 radical (unpaired) electrons. The lowest BCUT2D eigenvalue weighted by atomic mass is 9.92. The van der Waals surface area contributed by atoms with Gasteiger partial charge < -0.3 is 5.32 Å². The smallest absolute Gasteiger partial charge is 0.113 e. The third-order valence-electron chi connectivity index (χ3n) is 3.92. The molecule has 0 atom stereocenters. The van der Waals surface area contributed by atoms with Crippen LogP contribution in [0.1, 0.15) is 48.7 Å². The lowest BCUT2D eigenvalue weighted by molar-refractivity contribution is 0.280. The van der Waals surface area contributed by atoms with Gasteiger partial charge in [-0.3, -0.25) is 0 Å². The van der Waals surface area contributed by atoms with Crippen molar-refractivity contribution >= 4 is 23.1 Å². The predicted molar refractivity (Wildman–Crippen MR) is 80.6 cm³/mol. The Morgan fingerprint density at radius 2 is 2.00 bits per heavy atom. The topological polar surface area (TPSA) is 24.9 Å². The molecule has 100 valence electrons. The van der Waals surface area contributed by atoms with E-state index in [1.54, 1.807) is 4.88 Å². The average Bonchev–Trinajstić information content (AvgIpc) is 2.89. The van der Waals surface area contributed by atoms with E-state index in [-0.39, 0.29) is 5.54 Å². The van der Waals surface area contributed by atoms with Crippen LogP contribution < -0.4 is 5.32 Å². The third-order valence-corrected chi connectivity index (χ3v) is 6.26. The minimum Gasteiger partial charge on any atom is -0.303 e. The van der Waals surface area contributed by atoms with E-state index in [4.69, 9.17) is 4.98 Å². The minimum absolute atomic E-state index is 0.175. The van der Waals surface area contributed by atoms with Gasteiger partial charge >= 0.3 is 0 Å². The van der Waals surface area contributed by atoms with Gasteiger partial charge in [-0.2, -0.15) is 11.8 Å². The number of hydrogen-bond donors (Lipinski definition) is 1. The molecule has 0 bridgehead atoms. The summed E-state index contributed by atoms with van der Waals surface area (Å²) in [4.78, 5) is 6.55. The van der Waals surface area contributed by atoms with Crippen LogP contribution in [-0.2, 0) is 18.4 Å². The number of nitrogens with one attached hydrogen (secondary N) is 1. The second-order valence-electron chi connectivity index (χ2n) is 5.74. The largest absolute Gasteiger partial charge is 0.303 e. The molecule has 2 nitrogen and oxygen atoms in total. The molecule has 2 heterocycles. The van der Waals surface area contributed by atoms with Gasteiger partial charge in [-0.05, 0) is 57.5 Å². The van der Waals surface area contributed by atoms with E-state index in [9.17, 15) is 0 Å². The maximum absolute atomic E-state index is 4.99. The molecular weight excluding hydrogens is 260 g/mol. The Morgan fingerprint density at radius 3 is 2.67 bits per heavy atom. The third kappa shape index (κ3) is 2.35. The van der Waals surface area contributed by atoms with Crippen LogP contribution in [0.15, 0.2) is 0 Å². The molecule has 1 aliphatic heterocycles. The fraction of sp³-hybridized carbons (Fsp3) is 0.786. The number of aromatic nitrogens is 1. The van der Waals surface area contributed by atoms with E-state index >= 15 is 0 Å². The first-order valence-electron chi connectivity index (χ1n) is 7.04. The van der Waals surface area contributed by atoms with Crippen LogP contribution in [0.25, 0.3) is 0 Å². The predicted octanol–water partition coefficient (Wildman–Crippen LogP) is 3.35. The van der Waals surface area contributed by atoms with Gasteiger partial charge in [-0.15, -0.1) is 11.3 Å². The molecule has 0 spiro atoms. The van der Waals surface area contributed by atoms with E-state index < -0.39 is 0 Å². The fourth-order valence-electron chi connectivity index (χ4n) is 3.09. The Morgan fingerprint density at radius 1 is 1.22 bits per heavy atom. The van der Waals surface area contributed by atoms with Gasteiger partial charge in [0.2, 0.25) is 0 Å². The van der Waals surface area contributed by atoms with Crippen molar-refractivity contribution in [2.75, 3.05) is 11.5 Å². The highest BCUT2D eigenvalue weighted by molar-refractivity contribution is 7.99. The highest BCUT2D eigenvalue weighted by Crippen LogP contribution is 2.41. The van der Waals surface area contributed by atoms with Crippen molar-refractivity contribution in [3.63, 3.8) is 0 Å². The van der Waals surface area contributed by atoms with Crippen LogP contribution in [-0.4, -0.2) is 22.5 Å². The van der Waals surface area contributed by atoms with Crippen LogP contribution in [0.5, 0.6) is 0 Å². The molecule has 0 unspecified atom stereocenters. The van der Waals surface area contributed by atoms with Crippen LogP contribution in [0.2, 0.25) is 0 Å².